The third-order valence-electron chi connectivity index (χ3n) is 5.01. The fraction of sp³-hybridized carbons (Fsp3) is 0.273. The third-order valence-corrected chi connectivity index (χ3v) is 5.01. The van der Waals surface area contributed by atoms with E-state index in [-0.39, 0.29) is 5.91 Å². The van der Waals surface area contributed by atoms with Gasteiger partial charge in [-0.1, -0.05) is 35.5 Å². The Labute approximate surface area is 164 Å². The average molecular weight is 377 g/mol. The highest BCUT2D eigenvalue weighted by Crippen LogP contribution is 2.23. The van der Waals surface area contributed by atoms with Crippen LogP contribution in [0.5, 0.6) is 5.75 Å². The monoisotopic (exact) mass is 377 g/mol. The van der Waals surface area contributed by atoms with Gasteiger partial charge in [-0.25, -0.2) is 0 Å². The predicted molar refractivity (Wildman–Crippen MR) is 106 cm³/mol. The van der Waals surface area contributed by atoms with E-state index in [2.05, 4.69) is 34.3 Å². The lowest BCUT2D eigenvalue weighted by Crippen LogP contribution is -2.48. The molecule has 0 bridgehead atoms. The molecule has 3 aromatic rings. The summed E-state index contributed by atoms with van der Waals surface area (Å²) in [5.41, 5.74) is 2.50. The van der Waals surface area contributed by atoms with Gasteiger partial charge in [-0.05, 0) is 29.8 Å². The molecule has 4 rings (SSSR count). The van der Waals surface area contributed by atoms with Crippen LogP contribution in [0.2, 0.25) is 0 Å². The summed E-state index contributed by atoms with van der Waals surface area (Å²) in [7, 11) is 1.62. The van der Waals surface area contributed by atoms with Gasteiger partial charge in [-0.3, -0.25) is 9.69 Å². The summed E-state index contributed by atoms with van der Waals surface area (Å²) in [6, 6.07) is 19.6. The van der Waals surface area contributed by atoms with Gasteiger partial charge in [0.15, 0.2) is 11.5 Å². The summed E-state index contributed by atoms with van der Waals surface area (Å²) >= 11 is 0. The van der Waals surface area contributed by atoms with Crippen LogP contribution in [0.3, 0.4) is 0 Å². The van der Waals surface area contributed by atoms with Crippen molar-refractivity contribution >= 4 is 5.91 Å². The molecule has 1 saturated heterocycles. The Morgan fingerprint density at radius 3 is 2.43 bits per heavy atom. The van der Waals surface area contributed by atoms with Crippen molar-refractivity contribution in [3.8, 4) is 17.1 Å². The minimum atomic E-state index is -0.0807. The zero-order valence-corrected chi connectivity index (χ0v) is 15.9. The van der Waals surface area contributed by atoms with Crippen molar-refractivity contribution in [3.05, 3.63) is 71.9 Å². The van der Waals surface area contributed by atoms with E-state index in [4.69, 9.17) is 9.26 Å². The normalized spacial score (nSPS) is 14.8. The number of hydrogen-bond acceptors (Lipinski definition) is 5. The van der Waals surface area contributed by atoms with Crippen LogP contribution in [0.4, 0.5) is 0 Å². The number of benzene rings is 2. The van der Waals surface area contributed by atoms with Gasteiger partial charge in [0.05, 0.1) is 7.11 Å². The summed E-state index contributed by atoms with van der Waals surface area (Å²) in [4.78, 5) is 17.0. The number of methoxy groups -OCH3 is 1. The molecule has 6 nitrogen and oxygen atoms in total. The maximum absolute atomic E-state index is 12.8. The van der Waals surface area contributed by atoms with Crippen LogP contribution in [-0.4, -0.2) is 54.2 Å². The first-order valence-corrected chi connectivity index (χ1v) is 9.39. The van der Waals surface area contributed by atoms with E-state index < -0.39 is 0 Å². The lowest BCUT2D eigenvalue weighted by atomic mass is 10.1. The quantitative estimate of drug-likeness (QED) is 0.683. The molecule has 0 atom stereocenters. The number of carbonyl (C=O) groups is 1. The molecule has 1 fully saturated rings. The second kappa shape index (κ2) is 8.27. The SMILES string of the molecule is COc1ccc(-c2cc(C(=O)N3CCN(Cc4ccccc4)CC3)no2)cc1. The number of ether oxygens (including phenoxy) is 1. The second-order valence-corrected chi connectivity index (χ2v) is 6.86. The molecule has 144 valence electrons. The first kappa shape index (κ1) is 18.3. The molecule has 1 amide bonds. The number of piperazine rings is 1. The van der Waals surface area contributed by atoms with Crippen LogP contribution in [0.1, 0.15) is 16.1 Å². The maximum atomic E-state index is 12.8. The Morgan fingerprint density at radius 2 is 1.75 bits per heavy atom. The van der Waals surface area contributed by atoms with Crippen molar-refractivity contribution in [2.75, 3.05) is 33.3 Å². The van der Waals surface area contributed by atoms with Crippen LogP contribution in [0.25, 0.3) is 11.3 Å². The number of nitrogens with zero attached hydrogens (tertiary/aromatic N) is 3. The molecule has 1 aromatic heterocycles. The highest BCUT2D eigenvalue weighted by atomic mass is 16.5. The highest BCUT2D eigenvalue weighted by Gasteiger charge is 2.24. The first-order valence-electron chi connectivity index (χ1n) is 9.39. The fourth-order valence-corrected chi connectivity index (χ4v) is 3.38. The van der Waals surface area contributed by atoms with E-state index in [1.165, 1.54) is 5.56 Å². The Morgan fingerprint density at radius 1 is 1.04 bits per heavy atom. The molecule has 0 unspecified atom stereocenters. The topological polar surface area (TPSA) is 58.8 Å². The van der Waals surface area contributed by atoms with E-state index in [0.717, 1.165) is 30.9 Å². The van der Waals surface area contributed by atoms with Crippen LogP contribution in [0, 0.1) is 0 Å². The van der Waals surface area contributed by atoms with Gasteiger partial charge < -0.3 is 14.2 Å². The maximum Gasteiger partial charge on any atom is 0.276 e. The largest absolute Gasteiger partial charge is 0.497 e. The highest BCUT2D eigenvalue weighted by molar-refractivity contribution is 5.93. The molecular weight excluding hydrogens is 354 g/mol. The number of carbonyl (C=O) groups excluding carboxylic acids is 1. The molecule has 0 N–H and O–H groups in total. The van der Waals surface area contributed by atoms with E-state index >= 15 is 0 Å². The van der Waals surface area contributed by atoms with Gasteiger partial charge >= 0.3 is 0 Å². The molecule has 0 saturated carbocycles. The van der Waals surface area contributed by atoms with Crippen molar-refractivity contribution in [2.24, 2.45) is 0 Å². The number of aromatic nitrogens is 1. The van der Waals surface area contributed by atoms with E-state index in [1.54, 1.807) is 13.2 Å². The third kappa shape index (κ3) is 4.07. The standard InChI is InChI=1S/C22H23N3O3/c1-27-19-9-7-18(8-10-19)21-15-20(23-28-21)22(26)25-13-11-24(12-14-25)16-17-5-3-2-4-6-17/h2-10,15H,11-14,16H2,1H3. The zero-order valence-electron chi connectivity index (χ0n) is 15.9. The van der Waals surface area contributed by atoms with Crippen molar-refractivity contribution in [3.63, 3.8) is 0 Å². The van der Waals surface area contributed by atoms with E-state index in [1.807, 2.05) is 35.2 Å². The average Bonchev–Trinajstić information content (AvgIpc) is 3.25. The van der Waals surface area contributed by atoms with Crippen LogP contribution in [-0.2, 0) is 6.54 Å². The summed E-state index contributed by atoms with van der Waals surface area (Å²) in [5.74, 6) is 1.27. The van der Waals surface area contributed by atoms with Crippen LogP contribution >= 0.6 is 0 Å². The van der Waals surface area contributed by atoms with Gasteiger partial charge in [-0.2, -0.15) is 0 Å². The molecule has 1 aliphatic rings. The van der Waals surface area contributed by atoms with Crippen LogP contribution in [0.15, 0.2) is 65.2 Å². The number of amides is 1. The molecule has 0 radical (unpaired) electrons. The van der Waals surface area contributed by atoms with Gasteiger partial charge in [0.2, 0.25) is 0 Å². The summed E-state index contributed by atoms with van der Waals surface area (Å²) in [6.07, 6.45) is 0. The number of hydrogen-bond donors (Lipinski definition) is 0. The fourth-order valence-electron chi connectivity index (χ4n) is 3.38. The molecule has 6 heteroatoms. The molecular formula is C22H23N3O3. The summed E-state index contributed by atoms with van der Waals surface area (Å²) < 4.78 is 10.6. The minimum absolute atomic E-state index is 0.0807. The molecule has 1 aliphatic heterocycles. The minimum Gasteiger partial charge on any atom is -0.497 e. The number of rotatable bonds is 5. The van der Waals surface area contributed by atoms with Gasteiger partial charge in [0, 0.05) is 44.4 Å². The molecule has 2 aromatic carbocycles. The lowest BCUT2D eigenvalue weighted by molar-refractivity contribution is 0.0618. The Hall–Kier alpha value is -3.12. The van der Waals surface area contributed by atoms with Crippen molar-refractivity contribution in [2.45, 2.75) is 6.54 Å². The van der Waals surface area contributed by atoms with Crippen molar-refractivity contribution < 1.29 is 14.1 Å². The van der Waals surface area contributed by atoms with Gasteiger partial charge in [0.25, 0.3) is 5.91 Å². The van der Waals surface area contributed by atoms with Gasteiger partial charge in [0.1, 0.15) is 5.75 Å². The van der Waals surface area contributed by atoms with Crippen molar-refractivity contribution in [1.82, 2.24) is 15.0 Å². The lowest BCUT2D eigenvalue weighted by Gasteiger charge is -2.34. The Balaban J connectivity index is 1.36. The van der Waals surface area contributed by atoms with E-state index in [9.17, 15) is 4.79 Å². The zero-order chi connectivity index (χ0) is 19.3. The van der Waals surface area contributed by atoms with Crippen LogP contribution < -0.4 is 4.74 Å². The summed E-state index contributed by atoms with van der Waals surface area (Å²) in [5, 5.41) is 3.99. The first-order chi connectivity index (χ1) is 13.7. The summed E-state index contributed by atoms with van der Waals surface area (Å²) in [6.45, 7) is 3.99. The second-order valence-electron chi connectivity index (χ2n) is 6.86. The molecule has 2 heterocycles. The molecule has 28 heavy (non-hydrogen) atoms. The molecule has 0 spiro atoms. The van der Waals surface area contributed by atoms with Crippen molar-refractivity contribution in [1.29, 1.82) is 0 Å². The predicted octanol–water partition coefficient (Wildman–Crippen LogP) is 3.31. The Kier molecular flexibility index (Phi) is 5.39. The Bertz CT molecular complexity index is 914. The smallest absolute Gasteiger partial charge is 0.276 e. The molecule has 0 aliphatic carbocycles. The van der Waals surface area contributed by atoms with Gasteiger partial charge in [-0.15, -0.1) is 0 Å². The van der Waals surface area contributed by atoms with E-state index in [0.29, 0.717) is 24.5 Å².